The van der Waals surface area contributed by atoms with Gasteiger partial charge in [-0.15, -0.1) is 21.5 Å². The fourth-order valence-electron chi connectivity index (χ4n) is 0.971. The van der Waals surface area contributed by atoms with Crippen molar-refractivity contribution < 1.29 is 0 Å². The van der Waals surface area contributed by atoms with Crippen LogP contribution in [0.15, 0.2) is 11.6 Å². The van der Waals surface area contributed by atoms with Gasteiger partial charge in [0.1, 0.15) is 0 Å². The SMILES string of the molecule is CC(N)c1nnc2sccn12. The van der Waals surface area contributed by atoms with Crippen LogP contribution >= 0.6 is 11.3 Å². The minimum absolute atomic E-state index is 0.0559. The Bertz CT molecular complexity index is 361. The molecule has 0 saturated carbocycles. The quantitative estimate of drug-likeness (QED) is 0.685. The zero-order valence-electron chi connectivity index (χ0n) is 6.06. The average molecular weight is 168 g/mol. The molecule has 2 rings (SSSR count). The van der Waals surface area contributed by atoms with E-state index in [0.29, 0.717) is 0 Å². The molecule has 0 aliphatic rings. The zero-order valence-corrected chi connectivity index (χ0v) is 6.88. The van der Waals surface area contributed by atoms with E-state index in [1.807, 2.05) is 22.9 Å². The molecule has 0 saturated heterocycles. The summed E-state index contributed by atoms with van der Waals surface area (Å²) in [5, 5.41) is 9.87. The lowest BCUT2D eigenvalue weighted by molar-refractivity contribution is 0.727. The van der Waals surface area contributed by atoms with Crippen LogP contribution in [0.4, 0.5) is 0 Å². The summed E-state index contributed by atoms with van der Waals surface area (Å²) in [4.78, 5) is 0.900. The summed E-state index contributed by atoms with van der Waals surface area (Å²) in [6.07, 6.45) is 1.93. The van der Waals surface area contributed by atoms with Gasteiger partial charge in [-0.1, -0.05) is 0 Å². The molecule has 0 aliphatic carbocycles. The van der Waals surface area contributed by atoms with Gasteiger partial charge < -0.3 is 5.73 Å². The number of hydrogen-bond acceptors (Lipinski definition) is 4. The number of aromatic nitrogens is 3. The molecule has 0 radical (unpaired) electrons. The molecule has 0 aliphatic heterocycles. The van der Waals surface area contributed by atoms with Gasteiger partial charge in [0.25, 0.3) is 0 Å². The second-order valence-electron chi connectivity index (χ2n) is 2.40. The zero-order chi connectivity index (χ0) is 7.84. The Kier molecular flexibility index (Phi) is 1.40. The van der Waals surface area contributed by atoms with Crippen molar-refractivity contribution in [2.24, 2.45) is 5.73 Å². The number of nitrogens with two attached hydrogens (primary N) is 1. The predicted octanol–water partition coefficient (Wildman–Crippen LogP) is 0.811. The van der Waals surface area contributed by atoms with Gasteiger partial charge in [-0.05, 0) is 6.92 Å². The van der Waals surface area contributed by atoms with E-state index in [4.69, 9.17) is 5.73 Å². The van der Waals surface area contributed by atoms with Gasteiger partial charge in [0.2, 0.25) is 4.96 Å². The Morgan fingerprint density at radius 2 is 2.45 bits per heavy atom. The van der Waals surface area contributed by atoms with Crippen LogP contribution in [0.5, 0.6) is 0 Å². The molecule has 58 valence electrons. The molecular weight excluding hydrogens is 160 g/mol. The van der Waals surface area contributed by atoms with Crippen LogP contribution in [0.1, 0.15) is 18.8 Å². The Hall–Kier alpha value is -0.940. The average Bonchev–Trinajstić information content (AvgIpc) is 2.41. The first-order valence-electron chi connectivity index (χ1n) is 3.33. The molecule has 11 heavy (non-hydrogen) atoms. The molecule has 2 aromatic rings. The predicted molar refractivity (Wildman–Crippen MR) is 43.5 cm³/mol. The van der Waals surface area contributed by atoms with Crippen LogP contribution < -0.4 is 5.73 Å². The minimum Gasteiger partial charge on any atom is -0.322 e. The van der Waals surface area contributed by atoms with E-state index >= 15 is 0 Å². The van der Waals surface area contributed by atoms with Gasteiger partial charge in [-0.3, -0.25) is 4.40 Å². The normalized spacial score (nSPS) is 14.0. The summed E-state index contributed by atoms with van der Waals surface area (Å²) in [6.45, 7) is 1.90. The summed E-state index contributed by atoms with van der Waals surface area (Å²) in [5.41, 5.74) is 5.66. The molecule has 4 nitrogen and oxygen atoms in total. The highest BCUT2D eigenvalue weighted by molar-refractivity contribution is 7.15. The van der Waals surface area contributed by atoms with Crippen LogP contribution in [-0.4, -0.2) is 14.6 Å². The molecule has 1 atom stereocenters. The smallest absolute Gasteiger partial charge is 0.216 e. The van der Waals surface area contributed by atoms with Crippen molar-refractivity contribution in [1.29, 1.82) is 0 Å². The van der Waals surface area contributed by atoms with Crippen molar-refractivity contribution in [1.82, 2.24) is 14.6 Å². The maximum Gasteiger partial charge on any atom is 0.216 e. The number of fused-ring (bicyclic) bond motifs is 1. The molecule has 2 heterocycles. The Morgan fingerprint density at radius 1 is 1.64 bits per heavy atom. The third kappa shape index (κ3) is 0.928. The lowest BCUT2D eigenvalue weighted by atomic mass is 10.3. The van der Waals surface area contributed by atoms with Gasteiger partial charge in [0, 0.05) is 11.6 Å². The summed E-state index contributed by atoms with van der Waals surface area (Å²) >= 11 is 1.56. The van der Waals surface area contributed by atoms with Crippen molar-refractivity contribution >= 4 is 16.3 Å². The summed E-state index contributed by atoms with van der Waals surface area (Å²) in [5.74, 6) is 0.821. The van der Waals surface area contributed by atoms with Crippen molar-refractivity contribution in [2.75, 3.05) is 0 Å². The van der Waals surface area contributed by atoms with Crippen molar-refractivity contribution in [3.05, 3.63) is 17.4 Å². The van der Waals surface area contributed by atoms with E-state index in [1.165, 1.54) is 0 Å². The van der Waals surface area contributed by atoms with Crippen LogP contribution in [0, 0.1) is 0 Å². The molecule has 2 N–H and O–H groups in total. The maximum atomic E-state index is 5.66. The van der Waals surface area contributed by atoms with E-state index in [9.17, 15) is 0 Å². The van der Waals surface area contributed by atoms with Crippen LogP contribution in [0.3, 0.4) is 0 Å². The summed E-state index contributed by atoms with van der Waals surface area (Å²) in [6, 6.07) is -0.0559. The second kappa shape index (κ2) is 2.28. The molecular formula is C6H8N4S. The highest BCUT2D eigenvalue weighted by Crippen LogP contribution is 2.13. The first kappa shape index (κ1) is 6.75. The van der Waals surface area contributed by atoms with Crippen molar-refractivity contribution in [3.8, 4) is 0 Å². The number of nitrogens with zero attached hydrogens (tertiary/aromatic N) is 3. The fourth-order valence-corrected chi connectivity index (χ4v) is 1.63. The van der Waals surface area contributed by atoms with Crippen molar-refractivity contribution in [2.45, 2.75) is 13.0 Å². The Morgan fingerprint density at radius 3 is 3.18 bits per heavy atom. The largest absolute Gasteiger partial charge is 0.322 e. The molecule has 0 fully saturated rings. The molecule has 2 aromatic heterocycles. The van der Waals surface area contributed by atoms with E-state index in [0.717, 1.165) is 10.8 Å². The van der Waals surface area contributed by atoms with Crippen LogP contribution in [0.25, 0.3) is 4.96 Å². The van der Waals surface area contributed by atoms with Gasteiger partial charge in [0.15, 0.2) is 5.82 Å². The van der Waals surface area contributed by atoms with E-state index in [2.05, 4.69) is 10.2 Å². The highest BCUT2D eigenvalue weighted by atomic mass is 32.1. The molecule has 1 unspecified atom stereocenters. The lowest BCUT2D eigenvalue weighted by Gasteiger charge is -1.98. The van der Waals surface area contributed by atoms with Crippen molar-refractivity contribution in [3.63, 3.8) is 0 Å². The van der Waals surface area contributed by atoms with Gasteiger partial charge in [-0.2, -0.15) is 0 Å². The number of hydrogen-bond donors (Lipinski definition) is 1. The number of thiazole rings is 1. The molecule has 5 heteroatoms. The lowest BCUT2D eigenvalue weighted by Crippen LogP contribution is -2.08. The standard InChI is InChI=1S/C6H8N4S/c1-4(7)5-8-9-6-10(5)2-3-11-6/h2-4H,7H2,1H3. The monoisotopic (exact) mass is 168 g/mol. The molecule has 0 aromatic carbocycles. The van der Waals surface area contributed by atoms with Crippen LogP contribution in [0.2, 0.25) is 0 Å². The Labute approximate surface area is 67.7 Å². The van der Waals surface area contributed by atoms with E-state index < -0.39 is 0 Å². The molecule has 0 bridgehead atoms. The maximum absolute atomic E-state index is 5.66. The molecule has 0 spiro atoms. The summed E-state index contributed by atoms with van der Waals surface area (Å²) in [7, 11) is 0. The van der Waals surface area contributed by atoms with E-state index in [-0.39, 0.29) is 6.04 Å². The van der Waals surface area contributed by atoms with Crippen LogP contribution in [-0.2, 0) is 0 Å². The first-order chi connectivity index (χ1) is 5.29. The van der Waals surface area contributed by atoms with Gasteiger partial charge in [-0.25, -0.2) is 0 Å². The van der Waals surface area contributed by atoms with Gasteiger partial charge >= 0.3 is 0 Å². The third-order valence-electron chi connectivity index (χ3n) is 1.48. The Balaban J connectivity index is 2.68. The minimum atomic E-state index is -0.0559. The first-order valence-corrected chi connectivity index (χ1v) is 4.20. The fraction of sp³-hybridized carbons (Fsp3) is 0.333. The third-order valence-corrected chi connectivity index (χ3v) is 2.23. The summed E-state index contributed by atoms with van der Waals surface area (Å²) < 4.78 is 1.91. The topological polar surface area (TPSA) is 56.2 Å². The van der Waals surface area contributed by atoms with Gasteiger partial charge in [0.05, 0.1) is 6.04 Å². The highest BCUT2D eigenvalue weighted by Gasteiger charge is 2.08. The van der Waals surface area contributed by atoms with E-state index in [1.54, 1.807) is 11.3 Å². The number of rotatable bonds is 1. The molecule has 0 amide bonds. The second-order valence-corrected chi connectivity index (χ2v) is 3.28.